The van der Waals surface area contributed by atoms with Crippen molar-refractivity contribution < 1.29 is 14.5 Å². The number of amides is 2. The molecule has 0 spiro atoms. The molecule has 1 aliphatic rings. The molecule has 0 aliphatic carbocycles. The van der Waals surface area contributed by atoms with Crippen LogP contribution in [0.1, 0.15) is 22.3 Å². The lowest BCUT2D eigenvalue weighted by molar-refractivity contribution is -0.384. The molecule has 122 valence electrons. The third-order valence-electron chi connectivity index (χ3n) is 4.00. The van der Waals surface area contributed by atoms with Crippen molar-refractivity contribution in [1.82, 2.24) is 0 Å². The number of benzene rings is 2. The van der Waals surface area contributed by atoms with Crippen LogP contribution >= 0.6 is 0 Å². The fourth-order valence-corrected chi connectivity index (χ4v) is 2.70. The van der Waals surface area contributed by atoms with E-state index in [1.54, 1.807) is 24.1 Å². The second-order valence-electron chi connectivity index (χ2n) is 5.56. The first-order chi connectivity index (χ1) is 11.5. The molecule has 2 aromatic carbocycles. The van der Waals surface area contributed by atoms with E-state index in [9.17, 15) is 19.7 Å². The lowest BCUT2D eigenvalue weighted by Crippen LogP contribution is -2.31. The van der Waals surface area contributed by atoms with Gasteiger partial charge >= 0.3 is 0 Å². The van der Waals surface area contributed by atoms with Crippen molar-refractivity contribution in [3.05, 3.63) is 63.7 Å². The number of nitrogens with zero attached hydrogens (tertiary/aromatic N) is 2. The summed E-state index contributed by atoms with van der Waals surface area (Å²) in [6, 6.07) is 10.9. The van der Waals surface area contributed by atoms with Gasteiger partial charge in [0.2, 0.25) is 5.91 Å². The van der Waals surface area contributed by atoms with E-state index in [2.05, 4.69) is 5.32 Å². The minimum absolute atomic E-state index is 0.0656. The van der Waals surface area contributed by atoms with Gasteiger partial charge in [-0.15, -0.1) is 0 Å². The molecule has 7 heteroatoms. The molecule has 1 aliphatic heterocycles. The number of nitro groups is 1. The van der Waals surface area contributed by atoms with Crippen LogP contribution in [0, 0.1) is 10.1 Å². The Labute approximate surface area is 138 Å². The Hall–Kier alpha value is -3.22. The maximum atomic E-state index is 12.3. The minimum Gasteiger partial charge on any atom is -0.322 e. The summed E-state index contributed by atoms with van der Waals surface area (Å²) in [5.41, 5.74) is 2.49. The zero-order valence-electron chi connectivity index (χ0n) is 13.0. The Bertz CT molecular complexity index is 847. The molecular formula is C17H15N3O4. The number of hydrogen-bond donors (Lipinski definition) is 1. The lowest BCUT2D eigenvalue weighted by Gasteiger charge is -2.26. The maximum Gasteiger partial charge on any atom is 0.270 e. The zero-order chi connectivity index (χ0) is 17.3. The molecule has 0 saturated carbocycles. The summed E-state index contributed by atoms with van der Waals surface area (Å²) in [4.78, 5) is 35.8. The van der Waals surface area contributed by atoms with Crippen LogP contribution in [-0.2, 0) is 11.2 Å². The first-order valence-electron chi connectivity index (χ1n) is 7.41. The molecule has 2 aromatic rings. The summed E-state index contributed by atoms with van der Waals surface area (Å²) in [6.07, 6.45) is 1.06. The van der Waals surface area contributed by atoms with Gasteiger partial charge in [0, 0.05) is 42.5 Å². The summed E-state index contributed by atoms with van der Waals surface area (Å²) in [5.74, 6) is -0.352. The normalized spacial score (nSPS) is 13.4. The van der Waals surface area contributed by atoms with Crippen LogP contribution in [0.3, 0.4) is 0 Å². The maximum absolute atomic E-state index is 12.3. The van der Waals surface area contributed by atoms with E-state index < -0.39 is 10.8 Å². The van der Waals surface area contributed by atoms with Crippen LogP contribution in [0.4, 0.5) is 17.1 Å². The highest BCUT2D eigenvalue weighted by Gasteiger charge is 2.21. The topological polar surface area (TPSA) is 92.6 Å². The quantitative estimate of drug-likeness (QED) is 0.693. The number of fused-ring (bicyclic) bond motifs is 1. The molecule has 0 unspecified atom stereocenters. The number of carbonyl (C=O) groups excluding carboxylic acids is 2. The summed E-state index contributed by atoms with van der Waals surface area (Å²) in [6.45, 7) is 0. The van der Waals surface area contributed by atoms with Crippen molar-refractivity contribution >= 4 is 28.9 Å². The standard InChI is InChI=1S/C17H15N3O4/c1-19-15-7-6-13(9-11(15)5-8-16(19)21)18-17(22)12-3-2-4-14(10-12)20(23)24/h2-4,6-7,9-10H,5,8H2,1H3,(H,18,22). The van der Waals surface area contributed by atoms with E-state index in [1.165, 1.54) is 24.3 Å². The van der Waals surface area contributed by atoms with Gasteiger partial charge in [0.05, 0.1) is 4.92 Å². The van der Waals surface area contributed by atoms with Gasteiger partial charge in [0.25, 0.3) is 11.6 Å². The zero-order valence-corrected chi connectivity index (χ0v) is 13.0. The van der Waals surface area contributed by atoms with Crippen molar-refractivity contribution in [3.8, 4) is 0 Å². The molecule has 0 aromatic heterocycles. The van der Waals surface area contributed by atoms with Crippen molar-refractivity contribution in [2.75, 3.05) is 17.3 Å². The van der Waals surface area contributed by atoms with E-state index in [-0.39, 0.29) is 17.2 Å². The van der Waals surface area contributed by atoms with Gasteiger partial charge in [-0.1, -0.05) is 6.07 Å². The fourth-order valence-electron chi connectivity index (χ4n) is 2.70. The number of carbonyl (C=O) groups is 2. The lowest BCUT2D eigenvalue weighted by atomic mass is 10.0. The molecule has 0 fully saturated rings. The van der Waals surface area contributed by atoms with Crippen LogP contribution in [0.2, 0.25) is 0 Å². The van der Waals surface area contributed by atoms with E-state index in [0.29, 0.717) is 18.5 Å². The van der Waals surface area contributed by atoms with E-state index >= 15 is 0 Å². The Morgan fingerprint density at radius 2 is 2.00 bits per heavy atom. The second-order valence-corrected chi connectivity index (χ2v) is 5.56. The van der Waals surface area contributed by atoms with Crippen LogP contribution in [0.5, 0.6) is 0 Å². The van der Waals surface area contributed by atoms with E-state index in [1.807, 2.05) is 6.07 Å². The van der Waals surface area contributed by atoms with Gasteiger partial charge in [-0.25, -0.2) is 0 Å². The Balaban J connectivity index is 1.82. The molecule has 0 radical (unpaired) electrons. The van der Waals surface area contributed by atoms with Gasteiger partial charge in [-0.2, -0.15) is 0 Å². The third-order valence-corrected chi connectivity index (χ3v) is 4.00. The number of anilines is 2. The summed E-state index contributed by atoms with van der Waals surface area (Å²) in [5, 5.41) is 13.5. The van der Waals surface area contributed by atoms with Gasteiger partial charge in [-0.3, -0.25) is 19.7 Å². The first kappa shape index (κ1) is 15.7. The monoisotopic (exact) mass is 325 g/mol. The van der Waals surface area contributed by atoms with Crippen molar-refractivity contribution in [2.24, 2.45) is 0 Å². The molecular weight excluding hydrogens is 310 g/mol. The number of aryl methyl sites for hydroxylation is 1. The van der Waals surface area contributed by atoms with Gasteiger partial charge < -0.3 is 10.2 Å². The highest BCUT2D eigenvalue weighted by molar-refractivity contribution is 6.05. The Kier molecular flexibility index (Phi) is 3.99. The van der Waals surface area contributed by atoms with Gasteiger partial charge in [-0.05, 0) is 36.2 Å². The fraction of sp³-hybridized carbons (Fsp3) is 0.176. The van der Waals surface area contributed by atoms with Crippen LogP contribution in [-0.4, -0.2) is 23.8 Å². The smallest absolute Gasteiger partial charge is 0.270 e. The number of nitrogens with one attached hydrogen (secondary N) is 1. The molecule has 3 rings (SSSR count). The molecule has 0 saturated heterocycles. The highest BCUT2D eigenvalue weighted by Crippen LogP contribution is 2.29. The Morgan fingerprint density at radius 3 is 2.75 bits per heavy atom. The summed E-state index contributed by atoms with van der Waals surface area (Å²) >= 11 is 0. The van der Waals surface area contributed by atoms with E-state index in [0.717, 1.165) is 11.3 Å². The number of hydrogen-bond acceptors (Lipinski definition) is 4. The molecule has 0 atom stereocenters. The Morgan fingerprint density at radius 1 is 1.21 bits per heavy atom. The van der Waals surface area contributed by atoms with Gasteiger partial charge in [0.1, 0.15) is 0 Å². The SMILES string of the molecule is CN1C(=O)CCc2cc(NC(=O)c3cccc([N+](=O)[O-])c3)ccc21. The minimum atomic E-state index is -0.539. The second kappa shape index (κ2) is 6.11. The highest BCUT2D eigenvalue weighted by atomic mass is 16.6. The molecule has 2 amide bonds. The van der Waals surface area contributed by atoms with Crippen LogP contribution < -0.4 is 10.2 Å². The summed E-state index contributed by atoms with van der Waals surface area (Å²) < 4.78 is 0. The van der Waals surface area contributed by atoms with Crippen molar-refractivity contribution in [1.29, 1.82) is 0 Å². The third kappa shape index (κ3) is 2.96. The molecule has 1 heterocycles. The molecule has 7 nitrogen and oxygen atoms in total. The summed E-state index contributed by atoms with van der Waals surface area (Å²) in [7, 11) is 1.72. The number of non-ortho nitro benzene ring substituents is 1. The van der Waals surface area contributed by atoms with E-state index in [4.69, 9.17) is 0 Å². The van der Waals surface area contributed by atoms with Crippen LogP contribution in [0.25, 0.3) is 0 Å². The largest absolute Gasteiger partial charge is 0.322 e. The molecule has 0 bridgehead atoms. The van der Waals surface area contributed by atoms with Crippen LogP contribution in [0.15, 0.2) is 42.5 Å². The average Bonchev–Trinajstić information content (AvgIpc) is 2.58. The van der Waals surface area contributed by atoms with Crippen molar-refractivity contribution in [3.63, 3.8) is 0 Å². The first-order valence-corrected chi connectivity index (χ1v) is 7.41. The number of rotatable bonds is 3. The predicted molar refractivity (Wildman–Crippen MR) is 89.2 cm³/mol. The average molecular weight is 325 g/mol. The molecule has 24 heavy (non-hydrogen) atoms. The van der Waals surface area contributed by atoms with Crippen molar-refractivity contribution in [2.45, 2.75) is 12.8 Å². The predicted octanol–water partition coefficient (Wildman–Crippen LogP) is 2.76. The molecule has 1 N–H and O–H groups in total. The number of nitro benzene ring substituents is 1. The van der Waals surface area contributed by atoms with Gasteiger partial charge in [0.15, 0.2) is 0 Å².